The zero-order chi connectivity index (χ0) is 91.6. The van der Waals surface area contributed by atoms with Crippen molar-refractivity contribution in [2.24, 2.45) is 0 Å². The Morgan fingerprint density at radius 3 is 1.12 bits per heavy atom. The maximum Gasteiger partial charge on any atom is 1.00 e. The van der Waals surface area contributed by atoms with E-state index in [0.29, 0.717) is 122 Å². The number of H-pyrrole nitrogens is 1. The number of hydrogen-bond acceptors (Lipinski definition) is 33. The van der Waals surface area contributed by atoms with Crippen LogP contribution in [0.15, 0.2) is 249 Å². The first-order chi connectivity index (χ1) is 61.2. The van der Waals surface area contributed by atoms with Crippen molar-refractivity contribution >= 4 is 206 Å². The van der Waals surface area contributed by atoms with Crippen LogP contribution in [0.5, 0.6) is 0 Å². The number of aromatic nitrogens is 12. The molecule has 11 heterocycles. The van der Waals surface area contributed by atoms with E-state index in [0.717, 1.165) is 16.8 Å². The van der Waals surface area contributed by atoms with Gasteiger partial charge in [-0.2, -0.15) is 6.07 Å². The second-order valence-electron chi connectivity index (χ2n) is 25.1. The number of pyridine rings is 5. The Balaban J connectivity index is 0.000000234. The van der Waals surface area contributed by atoms with Crippen LogP contribution < -0.4 is 35.3 Å². The van der Waals surface area contributed by atoms with Gasteiger partial charge in [-0.25, -0.2) is 49.3 Å². The fourth-order valence-corrected chi connectivity index (χ4v) is 13.7. The molecular formula is C88H67BrCl5N13NaO16S5-. The minimum atomic E-state index is -0.671. The average Bonchev–Trinajstić information content (AvgIpc) is 1.71. The van der Waals surface area contributed by atoms with Crippen molar-refractivity contribution in [2.75, 3.05) is 31.9 Å². The van der Waals surface area contributed by atoms with E-state index in [9.17, 15) is 57.5 Å². The molecule has 0 saturated heterocycles. The predicted molar refractivity (Wildman–Crippen MR) is 493 cm³/mol. The van der Waals surface area contributed by atoms with Crippen molar-refractivity contribution in [1.82, 2.24) is 59.8 Å². The summed E-state index contributed by atoms with van der Waals surface area (Å²) in [7, 11) is 2.63. The molecule has 0 fully saturated rings. The van der Waals surface area contributed by atoms with E-state index in [1.165, 1.54) is 115 Å². The molecule has 0 unspecified atom stereocenters. The number of rotatable bonds is 25. The molecule has 0 spiro atoms. The van der Waals surface area contributed by atoms with Crippen molar-refractivity contribution in [2.45, 2.75) is 32.6 Å². The second-order valence-corrected chi connectivity index (χ2v) is 31.3. The molecule has 15 aromatic rings. The van der Waals surface area contributed by atoms with Gasteiger partial charge in [0.15, 0.2) is 47.1 Å². The third-order valence-corrected chi connectivity index (χ3v) is 20.7. The summed E-state index contributed by atoms with van der Waals surface area (Å²) in [4.78, 5) is 183. The monoisotopic (exact) mass is 2000 g/mol. The third kappa shape index (κ3) is 36.7. The molecule has 0 amide bonds. The fourth-order valence-electron chi connectivity index (χ4n) is 9.73. The van der Waals surface area contributed by atoms with Crippen LogP contribution in [0, 0.1) is 0 Å². The van der Waals surface area contributed by atoms with Crippen LogP contribution in [-0.4, -0.2) is 161 Å². The Morgan fingerprint density at radius 2 is 0.783 bits per heavy atom. The van der Waals surface area contributed by atoms with E-state index in [1.807, 2.05) is 36.4 Å². The van der Waals surface area contributed by atoms with Crippen molar-refractivity contribution in [1.29, 1.82) is 0 Å². The molecule has 15 rings (SSSR count). The number of halogens is 6. The number of methoxy groups -OCH3 is 2. The number of Topliss-reactive ketones (excluding diaryl/α,β-unsaturated/α-hetero) is 7. The molecule has 41 heteroatoms. The number of nitrogen functional groups attached to an aromatic ring is 1. The SMILES string of the molecule is CC(=O)c1cccc(Cl)c1.COC(=O)c1ccc(CC(=O)c2cscn2)nc1.COC(=O)c1ccc(N)nc1.O=C(CBr)c1cccc(Cl)c1.O=C(COC(=O)c1ccc(CC(=O)c2cscn2)nc1)c1cccc(Cl)c1.O=C(Cc1ccc(-c2ncc(-c3cccc(Cl)c3)[nH]2)cn1)c1cscn1.O=C(Cl)c1cscn1.O=[C-]c1ccc(CC(=O)c2cscn2)nc1.[Na+].[OH-]. The number of alkyl halides is 1. The fraction of sp³-hybridized carbons (Fsp3) is 0.102. The predicted octanol–water partition coefficient (Wildman–Crippen LogP) is 15.8. The summed E-state index contributed by atoms with van der Waals surface area (Å²) < 4.78 is 14.0. The number of esters is 3. The topological polar surface area (TPSA) is 446 Å². The Labute approximate surface area is 812 Å². The van der Waals surface area contributed by atoms with Crippen LogP contribution >= 0.6 is 131 Å². The number of aromatic amines is 1. The third-order valence-electron chi connectivity index (χ3n) is 16.1. The molecule has 0 atom stereocenters. The van der Waals surface area contributed by atoms with Crippen LogP contribution in [0.25, 0.3) is 22.6 Å². The summed E-state index contributed by atoms with van der Waals surface area (Å²) in [5.74, 6) is -1.03. The number of ether oxygens (including phenoxy) is 3. The molecule has 0 bridgehead atoms. The summed E-state index contributed by atoms with van der Waals surface area (Å²) in [6.45, 7) is 1.12. The van der Waals surface area contributed by atoms with Crippen molar-refractivity contribution in [3.8, 4) is 22.6 Å². The molecular weight excluding hydrogens is 1940 g/mol. The molecule has 0 aliphatic rings. The molecule has 4 N–H and O–H groups in total. The normalized spacial score (nSPS) is 9.90. The van der Waals surface area contributed by atoms with Gasteiger partial charge in [-0.05, 0) is 116 Å². The summed E-state index contributed by atoms with van der Waals surface area (Å²) in [5, 5.41) is 10.6. The number of hydrogen-bond donors (Lipinski definition) is 2. The van der Waals surface area contributed by atoms with Gasteiger partial charge in [0.1, 0.15) is 40.1 Å². The zero-order valence-corrected chi connectivity index (χ0v) is 79.3. The Kier molecular flexibility index (Phi) is 46.3. The van der Waals surface area contributed by atoms with Gasteiger partial charge in [-0.15, -0.1) is 62.2 Å². The number of thiazole rings is 5. The number of nitrogens with zero attached hydrogens (tertiary/aromatic N) is 11. The first-order valence-electron chi connectivity index (χ1n) is 36.4. The van der Waals surface area contributed by atoms with Crippen LogP contribution in [0.4, 0.5) is 5.82 Å². The molecule has 0 saturated carbocycles. The molecule has 129 heavy (non-hydrogen) atoms. The maximum absolute atomic E-state index is 12.1. The standard InChI is InChI=1S/C19H13ClN4OS.C19H13ClN2O4S.C12H10N2O3S.C11H7N2O2S.C8H6BrClO.C8H7ClO.C7H8N2O2.C4H2ClNOS.Na.H2O/c20-14-3-1-2-12(6-14)16-9-22-19(24-16)13-4-5-15(21-8-13)7-18(25)17-10-26-11-23-17;20-14-3-1-2-12(6-14)18(24)9-26-19(25)13-4-5-15(21-8-13)7-17(23)16-10-27-11-22-16;1-17-12(16)8-2-3-9(13-5-8)4-11(15)10-6-18-7-14-10;14-5-8-1-2-9(12-4-8)3-11(15)10-6-16-7-13-10;9-5-8(11)6-2-1-3-7(10)4-6;1-6(10)7-3-2-4-8(9)5-7;1-11-7(10)5-2-3-6(8)9-4-5;5-4(7)3-1-8-2-6-3;;/h1-6,8-11H,7H2,(H,22,24);1-6,8,10-11H,7,9H2;2-3,5-7H,4H2,1H3;1-2,4,6-7H,3H2;1-4H,5H2;2-5H,1H3;2-4H,1H3,(H2,8,9);1-2H;;1H2/q;;;-1;;;;;+1;/p-1. The number of ketones is 7. The van der Waals surface area contributed by atoms with E-state index in [4.69, 9.17) is 68.5 Å². The van der Waals surface area contributed by atoms with Gasteiger partial charge in [0, 0.05) is 122 Å². The maximum atomic E-state index is 12.1. The minimum absolute atomic E-state index is 0. The Bertz CT molecular complexity index is 6160. The van der Waals surface area contributed by atoms with Gasteiger partial charge in [-0.1, -0.05) is 123 Å². The number of anilines is 1. The molecule has 11 aromatic heterocycles. The van der Waals surface area contributed by atoms with Gasteiger partial charge >= 0.3 is 47.5 Å². The number of benzene rings is 4. The minimum Gasteiger partial charge on any atom is -0.870 e. The van der Waals surface area contributed by atoms with Crippen molar-refractivity contribution in [3.05, 3.63) is 360 Å². The largest absolute Gasteiger partial charge is 1.00 e. The molecule has 654 valence electrons. The van der Waals surface area contributed by atoms with Crippen LogP contribution in [-0.2, 0) is 44.7 Å². The van der Waals surface area contributed by atoms with Gasteiger partial charge < -0.3 is 40.2 Å². The Morgan fingerprint density at radius 1 is 0.403 bits per heavy atom. The summed E-state index contributed by atoms with van der Waals surface area (Å²) in [6, 6.07) is 44.2. The Hall–Kier alpha value is -11.9. The van der Waals surface area contributed by atoms with Crippen LogP contribution in [0.3, 0.4) is 0 Å². The number of imidazole rings is 1. The smallest absolute Gasteiger partial charge is 0.870 e. The quantitative estimate of drug-likeness (QED) is 0.0102. The summed E-state index contributed by atoms with van der Waals surface area (Å²) in [5.41, 5.74) is 23.6. The first kappa shape index (κ1) is 106. The van der Waals surface area contributed by atoms with E-state index in [1.54, 1.807) is 182 Å². The van der Waals surface area contributed by atoms with Crippen molar-refractivity contribution < 1.29 is 107 Å². The van der Waals surface area contributed by atoms with E-state index < -0.39 is 29.8 Å². The van der Waals surface area contributed by atoms with Gasteiger partial charge in [0.05, 0.1) is 108 Å². The first-order valence-corrected chi connectivity index (χ1v) is 44.1. The number of nitrogens with one attached hydrogen (secondary N) is 1. The molecule has 0 radical (unpaired) electrons. The van der Waals surface area contributed by atoms with Gasteiger partial charge in [0.25, 0.3) is 5.24 Å². The zero-order valence-electron chi connectivity index (χ0n) is 67.9. The van der Waals surface area contributed by atoms with Gasteiger partial charge in [-0.3, -0.25) is 53.3 Å². The number of nitrogens with two attached hydrogens (primary N) is 1. The molecule has 4 aromatic carbocycles. The van der Waals surface area contributed by atoms with E-state index >= 15 is 0 Å². The summed E-state index contributed by atoms with van der Waals surface area (Å²) >= 11 is 38.2. The molecule has 0 aliphatic heterocycles. The number of carbonyl (C=O) groups is 11. The van der Waals surface area contributed by atoms with Crippen molar-refractivity contribution in [3.63, 3.8) is 0 Å². The second kappa shape index (κ2) is 56.4. The average molecular weight is 2000 g/mol. The summed E-state index contributed by atoms with van der Waals surface area (Å²) in [6.07, 6.45) is 11.4. The van der Waals surface area contributed by atoms with Crippen LogP contribution in [0.1, 0.15) is 150 Å². The number of carbonyl (C=O) groups excluding carboxylic acids is 12. The molecule has 29 nitrogen and oxygen atoms in total. The molecule has 0 aliphatic carbocycles. The van der Waals surface area contributed by atoms with E-state index in [2.05, 4.69) is 85.2 Å². The van der Waals surface area contributed by atoms with E-state index in [-0.39, 0.29) is 107 Å². The van der Waals surface area contributed by atoms with Crippen LogP contribution in [0.2, 0.25) is 20.1 Å². The van der Waals surface area contributed by atoms with Gasteiger partial charge in [0.2, 0.25) is 0 Å².